The monoisotopic (exact) mass is 236 g/mol. The Balaban J connectivity index is 2.52. The molecule has 1 rings (SSSR count). The van der Waals surface area contributed by atoms with Crippen LogP contribution in [-0.2, 0) is 4.79 Å². The number of imide groups is 1. The fraction of sp³-hybridized carbons (Fsp3) is 0.182. The van der Waals surface area contributed by atoms with E-state index < -0.39 is 11.9 Å². The first-order valence-electron chi connectivity index (χ1n) is 4.86. The molecule has 3 amide bonds. The third-order valence-corrected chi connectivity index (χ3v) is 1.88. The lowest BCUT2D eigenvalue weighted by molar-refractivity contribution is -0.122. The zero-order chi connectivity index (χ0) is 12.7. The number of carbonyl (C=O) groups is 3. The lowest BCUT2D eigenvalue weighted by atomic mass is 10.2. The van der Waals surface area contributed by atoms with Crippen molar-refractivity contribution < 1.29 is 19.1 Å². The second-order valence-corrected chi connectivity index (χ2v) is 3.07. The molecule has 6 heteroatoms. The van der Waals surface area contributed by atoms with E-state index in [1.807, 2.05) is 5.32 Å². The van der Waals surface area contributed by atoms with Gasteiger partial charge in [-0.3, -0.25) is 14.9 Å². The molecule has 90 valence electrons. The molecule has 6 nitrogen and oxygen atoms in total. The molecule has 0 saturated heterocycles. The lowest BCUT2D eigenvalue weighted by Gasteiger charge is -2.07. The Morgan fingerprint density at radius 3 is 2.71 bits per heavy atom. The summed E-state index contributed by atoms with van der Waals surface area (Å²) in [6.45, 7) is -0.335. The molecular formula is C11H12N2O4. The van der Waals surface area contributed by atoms with E-state index in [2.05, 4.69) is 5.32 Å². The number of hydrogen-bond acceptors (Lipinski definition) is 4. The largest absolute Gasteiger partial charge is 0.483 e. The minimum atomic E-state index is -0.609. The van der Waals surface area contributed by atoms with Gasteiger partial charge in [0.1, 0.15) is 5.75 Å². The van der Waals surface area contributed by atoms with Gasteiger partial charge in [-0.05, 0) is 12.1 Å². The molecule has 0 atom stereocenters. The molecule has 0 aliphatic heterocycles. The maximum atomic E-state index is 11.2. The number of para-hydroxylation sites is 1. The molecule has 0 aliphatic rings. The van der Waals surface area contributed by atoms with Crippen LogP contribution in [0.3, 0.4) is 0 Å². The fourth-order valence-electron chi connectivity index (χ4n) is 1.08. The highest BCUT2D eigenvalue weighted by Crippen LogP contribution is 2.15. The summed E-state index contributed by atoms with van der Waals surface area (Å²) < 4.78 is 5.11. The van der Waals surface area contributed by atoms with E-state index in [1.165, 1.54) is 7.05 Å². The number of aldehydes is 1. The number of carbonyl (C=O) groups excluding carboxylic acids is 3. The Hall–Kier alpha value is -2.37. The SMILES string of the molecule is CNC(=O)NC(=O)COc1ccccc1C=O. The van der Waals surface area contributed by atoms with Crippen molar-refractivity contribution in [2.75, 3.05) is 13.7 Å². The molecule has 2 N–H and O–H groups in total. The highest BCUT2D eigenvalue weighted by atomic mass is 16.5. The molecule has 17 heavy (non-hydrogen) atoms. The van der Waals surface area contributed by atoms with E-state index in [4.69, 9.17) is 4.74 Å². The number of benzene rings is 1. The second kappa shape index (κ2) is 6.26. The zero-order valence-electron chi connectivity index (χ0n) is 9.23. The first kappa shape index (κ1) is 12.7. The quantitative estimate of drug-likeness (QED) is 0.738. The number of nitrogens with one attached hydrogen (secondary N) is 2. The molecule has 0 unspecified atom stereocenters. The van der Waals surface area contributed by atoms with Gasteiger partial charge in [-0.2, -0.15) is 0 Å². The smallest absolute Gasteiger partial charge is 0.321 e. The van der Waals surface area contributed by atoms with Gasteiger partial charge in [0.05, 0.1) is 5.56 Å². The van der Waals surface area contributed by atoms with Gasteiger partial charge in [0.2, 0.25) is 0 Å². The standard InChI is InChI=1S/C11H12N2O4/c1-12-11(16)13-10(15)7-17-9-5-3-2-4-8(9)6-14/h2-6H,7H2,1H3,(H2,12,13,15,16). The fourth-order valence-corrected chi connectivity index (χ4v) is 1.08. The molecule has 0 spiro atoms. The van der Waals surface area contributed by atoms with Crippen LogP contribution >= 0.6 is 0 Å². The van der Waals surface area contributed by atoms with Crippen molar-refractivity contribution in [3.63, 3.8) is 0 Å². The van der Waals surface area contributed by atoms with Gasteiger partial charge in [-0.15, -0.1) is 0 Å². The molecular weight excluding hydrogens is 224 g/mol. The van der Waals surface area contributed by atoms with Gasteiger partial charge >= 0.3 is 6.03 Å². The van der Waals surface area contributed by atoms with Gasteiger partial charge < -0.3 is 10.1 Å². The van der Waals surface area contributed by atoms with E-state index in [9.17, 15) is 14.4 Å². The van der Waals surface area contributed by atoms with Gasteiger partial charge in [0.15, 0.2) is 12.9 Å². The third-order valence-electron chi connectivity index (χ3n) is 1.88. The molecule has 0 aliphatic carbocycles. The highest BCUT2D eigenvalue weighted by molar-refractivity contribution is 5.94. The van der Waals surface area contributed by atoms with Crippen LogP contribution < -0.4 is 15.4 Å². The Morgan fingerprint density at radius 2 is 2.06 bits per heavy atom. The van der Waals surface area contributed by atoms with Crippen LogP contribution in [0.25, 0.3) is 0 Å². The van der Waals surface area contributed by atoms with Crippen molar-refractivity contribution >= 4 is 18.2 Å². The molecule has 1 aromatic rings. The van der Waals surface area contributed by atoms with Crippen LogP contribution in [0.2, 0.25) is 0 Å². The van der Waals surface area contributed by atoms with Crippen LogP contribution in [0.4, 0.5) is 4.79 Å². The summed E-state index contributed by atoms with van der Waals surface area (Å²) in [6.07, 6.45) is 0.631. The molecule has 0 radical (unpaired) electrons. The van der Waals surface area contributed by atoms with Crippen molar-refractivity contribution in [3.8, 4) is 5.75 Å². The molecule has 0 heterocycles. The first-order valence-corrected chi connectivity index (χ1v) is 4.86. The van der Waals surface area contributed by atoms with Gasteiger partial charge in [0, 0.05) is 7.05 Å². The number of ether oxygens (including phenoxy) is 1. The summed E-state index contributed by atoms with van der Waals surface area (Å²) in [5.41, 5.74) is 0.347. The third kappa shape index (κ3) is 3.94. The summed E-state index contributed by atoms with van der Waals surface area (Å²) in [7, 11) is 1.39. The summed E-state index contributed by atoms with van der Waals surface area (Å²) in [4.78, 5) is 32.7. The molecule has 0 aromatic heterocycles. The summed E-state index contributed by atoms with van der Waals surface area (Å²) in [6, 6.07) is 5.89. The van der Waals surface area contributed by atoms with E-state index in [-0.39, 0.29) is 6.61 Å². The maximum Gasteiger partial charge on any atom is 0.321 e. The van der Waals surface area contributed by atoms with E-state index in [0.29, 0.717) is 17.6 Å². The van der Waals surface area contributed by atoms with E-state index in [1.54, 1.807) is 24.3 Å². The number of rotatable bonds is 4. The average molecular weight is 236 g/mol. The minimum Gasteiger partial charge on any atom is -0.483 e. The average Bonchev–Trinajstić information content (AvgIpc) is 2.36. The van der Waals surface area contributed by atoms with Crippen molar-refractivity contribution in [1.82, 2.24) is 10.6 Å². The van der Waals surface area contributed by atoms with Crippen LogP contribution in [0.5, 0.6) is 5.75 Å². The van der Waals surface area contributed by atoms with E-state index in [0.717, 1.165) is 0 Å². The summed E-state index contributed by atoms with van der Waals surface area (Å²) in [5, 5.41) is 4.27. The first-order chi connectivity index (χ1) is 8.17. The normalized spacial score (nSPS) is 9.24. The molecule has 1 aromatic carbocycles. The van der Waals surface area contributed by atoms with Crippen LogP contribution in [0, 0.1) is 0 Å². The topological polar surface area (TPSA) is 84.5 Å². The maximum absolute atomic E-state index is 11.2. The Bertz CT molecular complexity index is 431. The van der Waals surface area contributed by atoms with Crippen LogP contribution in [0.15, 0.2) is 24.3 Å². The van der Waals surface area contributed by atoms with Crippen molar-refractivity contribution in [2.24, 2.45) is 0 Å². The Morgan fingerprint density at radius 1 is 1.35 bits per heavy atom. The predicted octanol–water partition coefficient (Wildman–Crippen LogP) is 0.333. The van der Waals surface area contributed by atoms with Crippen molar-refractivity contribution in [3.05, 3.63) is 29.8 Å². The Kier molecular flexibility index (Phi) is 4.68. The lowest BCUT2D eigenvalue weighted by Crippen LogP contribution is -2.40. The minimum absolute atomic E-state index is 0.301. The van der Waals surface area contributed by atoms with Gasteiger partial charge in [-0.1, -0.05) is 12.1 Å². The van der Waals surface area contributed by atoms with E-state index >= 15 is 0 Å². The van der Waals surface area contributed by atoms with Gasteiger partial charge in [-0.25, -0.2) is 4.79 Å². The zero-order valence-corrected chi connectivity index (χ0v) is 9.23. The summed E-state index contributed by atoms with van der Waals surface area (Å²) in [5.74, 6) is -0.292. The van der Waals surface area contributed by atoms with Crippen molar-refractivity contribution in [2.45, 2.75) is 0 Å². The molecule has 0 bridgehead atoms. The predicted molar refractivity (Wildman–Crippen MR) is 59.9 cm³/mol. The van der Waals surface area contributed by atoms with Crippen molar-refractivity contribution in [1.29, 1.82) is 0 Å². The summed E-state index contributed by atoms with van der Waals surface area (Å²) >= 11 is 0. The number of hydrogen-bond donors (Lipinski definition) is 2. The highest BCUT2D eigenvalue weighted by Gasteiger charge is 2.08. The number of amides is 3. The Labute approximate surface area is 98.0 Å². The second-order valence-electron chi connectivity index (χ2n) is 3.07. The van der Waals surface area contributed by atoms with Crippen LogP contribution in [0.1, 0.15) is 10.4 Å². The van der Waals surface area contributed by atoms with Crippen LogP contribution in [-0.4, -0.2) is 31.9 Å². The molecule has 0 saturated carbocycles. The number of urea groups is 1. The van der Waals surface area contributed by atoms with Gasteiger partial charge in [0.25, 0.3) is 5.91 Å². The molecule has 0 fully saturated rings.